The molecule has 0 unspecified atom stereocenters. The molecule has 1 amide bonds. The molecule has 1 fully saturated rings. The van der Waals surface area contributed by atoms with Crippen LogP contribution in [0.4, 0.5) is 5.69 Å². The van der Waals surface area contributed by atoms with Gasteiger partial charge in [-0.25, -0.2) is 13.2 Å². The molecule has 1 saturated carbocycles. The zero-order chi connectivity index (χ0) is 22.3. The molecule has 8 nitrogen and oxygen atoms in total. The van der Waals surface area contributed by atoms with Crippen LogP contribution in [0.25, 0.3) is 0 Å². The van der Waals surface area contributed by atoms with Gasteiger partial charge in [0.15, 0.2) is 11.8 Å². The highest BCUT2D eigenvalue weighted by atomic mass is 32.2. The number of amidine groups is 1. The normalized spacial score (nSPS) is 19.4. The first kappa shape index (κ1) is 21.0. The summed E-state index contributed by atoms with van der Waals surface area (Å²) in [5.74, 6) is -0.985. The van der Waals surface area contributed by atoms with Gasteiger partial charge in [-0.05, 0) is 48.4 Å². The summed E-state index contributed by atoms with van der Waals surface area (Å²) in [5.41, 5.74) is 2.31. The molecule has 1 N–H and O–H groups in total. The minimum absolute atomic E-state index is 0.0134. The number of anilines is 1. The van der Waals surface area contributed by atoms with Gasteiger partial charge in [-0.2, -0.15) is 0 Å². The summed E-state index contributed by atoms with van der Waals surface area (Å²) in [6.45, 7) is 0.490. The van der Waals surface area contributed by atoms with Crippen LogP contribution in [0.2, 0.25) is 0 Å². The Bertz CT molecular complexity index is 1220. The van der Waals surface area contributed by atoms with E-state index in [9.17, 15) is 18.0 Å². The summed E-state index contributed by atoms with van der Waals surface area (Å²) in [6.07, 6.45) is 2.04. The molecule has 0 atom stereocenters. The van der Waals surface area contributed by atoms with Gasteiger partial charge in [-0.3, -0.25) is 4.79 Å². The lowest BCUT2D eigenvalue weighted by molar-refractivity contribution is -0.124. The van der Waals surface area contributed by atoms with Crippen molar-refractivity contribution in [3.63, 3.8) is 0 Å². The maximum atomic E-state index is 12.5. The molecule has 2 aromatic rings. The van der Waals surface area contributed by atoms with Crippen LogP contribution in [-0.4, -0.2) is 50.9 Å². The van der Waals surface area contributed by atoms with Crippen molar-refractivity contribution in [3.05, 3.63) is 59.7 Å². The minimum atomic E-state index is -3.44. The van der Waals surface area contributed by atoms with Crippen LogP contribution in [0, 0.1) is 0 Å². The van der Waals surface area contributed by atoms with Gasteiger partial charge in [0.25, 0.3) is 15.9 Å². The summed E-state index contributed by atoms with van der Waals surface area (Å²) in [6, 6.07) is 15.1. The molecule has 0 saturated heterocycles. The number of fused-ring (bicyclic) bond motifs is 3. The third-order valence-corrected chi connectivity index (χ3v) is 8.21. The van der Waals surface area contributed by atoms with E-state index in [1.54, 1.807) is 18.2 Å². The highest BCUT2D eigenvalue weighted by Gasteiger charge is 2.44. The van der Waals surface area contributed by atoms with Crippen molar-refractivity contribution in [3.8, 4) is 0 Å². The van der Waals surface area contributed by atoms with E-state index in [4.69, 9.17) is 4.74 Å². The fraction of sp³-hybridized carbons (Fsp3) is 0.318. The van der Waals surface area contributed by atoms with Crippen LogP contribution >= 0.6 is 11.8 Å². The first-order valence-electron chi connectivity index (χ1n) is 10.3. The standard InChI is InChI=1S/C22H21N3O5S2/c26-19(23-14-22(8-9-22)16-4-2-1-3-5-16)13-30-20(27)15-6-7-17-18(12-15)31-21-24-32(28,29)11-10-25(17)21/h1-7,12H,8-11,13-14H2,(H,23,26). The van der Waals surface area contributed by atoms with Gasteiger partial charge >= 0.3 is 5.97 Å². The van der Waals surface area contributed by atoms with E-state index in [0.717, 1.165) is 23.4 Å². The molecule has 0 bridgehead atoms. The van der Waals surface area contributed by atoms with Gasteiger partial charge in [-0.15, -0.1) is 4.40 Å². The van der Waals surface area contributed by atoms with Crippen LogP contribution < -0.4 is 10.2 Å². The second kappa shape index (κ2) is 7.93. The smallest absolute Gasteiger partial charge is 0.338 e. The average molecular weight is 472 g/mol. The number of carbonyl (C=O) groups excluding carboxylic acids is 2. The first-order chi connectivity index (χ1) is 15.4. The van der Waals surface area contributed by atoms with E-state index in [1.807, 2.05) is 23.1 Å². The van der Waals surface area contributed by atoms with Crippen molar-refractivity contribution in [1.29, 1.82) is 0 Å². The SMILES string of the molecule is O=C(COC(=O)c1ccc2c(c1)SC1=NS(=O)(=O)CCN12)NCC1(c2ccccc2)CC1. The van der Waals surface area contributed by atoms with Gasteiger partial charge in [0.1, 0.15) is 0 Å². The van der Waals surface area contributed by atoms with E-state index in [2.05, 4.69) is 21.8 Å². The van der Waals surface area contributed by atoms with Gasteiger partial charge in [0.2, 0.25) is 0 Å². The first-order valence-corrected chi connectivity index (χ1v) is 12.7. The number of sulfonamides is 1. The molecule has 3 aliphatic rings. The van der Waals surface area contributed by atoms with Crippen molar-refractivity contribution in [2.45, 2.75) is 23.2 Å². The molecular formula is C22H21N3O5S2. The van der Waals surface area contributed by atoms with Crippen molar-refractivity contribution in [1.82, 2.24) is 5.32 Å². The second-order valence-corrected chi connectivity index (χ2v) is 10.9. The Balaban J connectivity index is 1.17. The fourth-order valence-corrected chi connectivity index (χ4v) is 6.20. The number of carbonyl (C=O) groups is 2. The van der Waals surface area contributed by atoms with Gasteiger partial charge < -0.3 is 15.0 Å². The number of ether oxygens (including phenoxy) is 1. The highest BCUT2D eigenvalue weighted by molar-refractivity contribution is 8.15. The number of thioether (sulfide) groups is 1. The topological polar surface area (TPSA) is 105 Å². The summed E-state index contributed by atoms with van der Waals surface area (Å²) in [5, 5.41) is 3.27. The Labute approximate surface area is 190 Å². The van der Waals surface area contributed by atoms with E-state index < -0.39 is 16.0 Å². The lowest BCUT2D eigenvalue weighted by Gasteiger charge is -2.22. The quantitative estimate of drug-likeness (QED) is 0.645. The van der Waals surface area contributed by atoms with E-state index in [1.165, 1.54) is 17.3 Å². The summed E-state index contributed by atoms with van der Waals surface area (Å²) in [4.78, 5) is 27.2. The van der Waals surface area contributed by atoms with Crippen molar-refractivity contribution in [2.24, 2.45) is 4.40 Å². The second-order valence-electron chi connectivity index (χ2n) is 8.10. The number of esters is 1. The van der Waals surface area contributed by atoms with Gasteiger partial charge in [0, 0.05) is 23.4 Å². The predicted octanol–water partition coefficient (Wildman–Crippen LogP) is 2.30. The molecule has 2 heterocycles. The van der Waals surface area contributed by atoms with Gasteiger partial charge in [0.05, 0.1) is 17.0 Å². The predicted molar refractivity (Wildman–Crippen MR) is 122 cm³/mol. The van der Waals surface area contributed by atoms with Crippen molar-refractivity contribution < 1.29 is 22.7 Å². The minimum Gasteiger partial charge on any atom is -0.452 e. The number of benzene rings is 2. The van der Waals surface area contributed by atoms with Crippen LogP contribution in [-0.2, 0) is 25.0 Å². The highest BCUT2D eigenvalue weighted by Crippen LogP contribution is 2.47. The average Bonchev–Trinajstić information content (AvgIpc) is 3.50. The van der Waals surface area contributed by atoms with Crippen LogP contribution in [0.3, 0.4) is 0 Å². The number of nitrogens with one attached hydrogen (secondary N) is 1. The molecule has 2 aromatic carbocycles. The zero-order valence-electron chi connectivity index (χ0n) is 17.1. The molecule has 2 aliphatic heterocycles. The zero-order valence-corrected chi connectivity index (χ0v) is 18.7. The number of rotatable bonds is 6. The molecule has 0 aromatic heterocycles. The van der Waals surface area contributed by atoms with Crippen molar-refractivity contribution >= 4 is 44.5 Å². The molecule has 0 radical (unpaired) electrons. The maximum absolute atomic E-state index is 12.5. The number of hydrogen-bond acceptors (Lipinski definition) is 7. The third kappa shape index (κ3) is 4.12. The van der Waals surface area contributed by atoms with Crippen LogP contribution in [0.15, 0.2) is 57.8 Å². The third-order valence-electron chi connectivity index (χ3n) is 5.91. The summed E-state index contributed by atoms with van der Waals surface area (Å²) in [7, 11) is -3.44. The molecular weight excluding hydrogens is 450 g/mol. The number of hydrogen-bond donors (Lipinski definition) is 1. The Morgan fingerprint density at radius 1 is 1.16 bits per heavy atom. The van der Waals surface area contributed by atoms with E-state index in [-0.39, 0.29) is 23.7 Å². The lowest BCUT2D eigenvalue weighted by Crippen LogP contribution is -2.35. The maximum Gasteiger partial charge on any atom is 0.338 e. The lowest BCUT2D eigenvalue weighted by atomic mass is 9.96. The van der Waals surface area contributed by atoms with Crippen molar-refractivity contribution in [2.75, 3.05) is 30.3 Å². The summed E-state index contributed by atoms with van der Waals surface area (Å²) < 4.78 is 32.5. The molecule has 1 aliphatic carbocycles. The molecule has 0 spiro atoms. The number of amides is 1. The van der Waals surface area contributed by atoms with E-state index in [0.29, 0.717) is 23.8 Å². The molecule has 166 valence electrons. The van der Waals surface area contributed by atoms with Crippen LogP contribution in [0.1, 0.15) is 28.8 Å². The monoisotopic (exact) mass is 471 g/mol. The number of nitrogens with zero attached hydrogens (tertiary/aromatic N) is 2. The fourth-order valence-electron chi connectivity index (χ4n) is 3.90. The van der Waals surface area contributed by atoms with E-state index >= 15 is 0 Å². The Morgan fingerprint density at radius 3 is 2.69 bits per heavy atom. The van der Waals surface area contributed by atoms with Gasteiger partial charge in [-0.1, -0.05) is 30.3 Å². The molecule has 32 heavy (non-hydrogen) atoms. The molecule has 5 rings (SSSR count). The van der Waals surface area contributed by atoms with Crippen LogP contribution in [0.5, 0.6) is 0 Å². The summed E-state index contributed by atoms with van der Waals surface area (Å²) >= 11 is 1.20. The molecule has 10 heteroatoms. The largest absolute Gasteiger partial charge is 0.452 e. The Kier molecular flexibility index (Phi) is 5.21. The Hall–Kier alpha value is -2.85. The Morgan fingerprint density at radius 2 is 1.94 bits per heavy atom.